The summed E-state index contributed by atoms with van der Waals surface area (Å²) in [7, 11) is 0. The largest absolute Gasteiger partial charge is 0.356 e. The molecule has 2 nitrogen and oxygen atoms in total. The van der Waals surface area contributed by atoms with Gasteiger partial charge in [-0.15, -0.1) is 0 Å². The van der Waals surface area contributed by atoms with E-state index in [2.05, 4.69) is 5.32 Å². The van der Waals surface area contributed by atoms with Gasteiger partial charge in [-0.05, 0) is 31.1 Å². The van der Waals surface area contributed by atoms with Crippen LogP contribution in [0.2, 0.25) is 0 Å². The predicted molar refractivity (Wildman–Crippen MR) is 61.5 cm³/mol. The molecule has 2 aliphatic carbocycles. The Morgan fingerprint density at radius 3 is 2.40 bits per heavy atom. The van der Waals surface area contributed by atoms with Crippen LogP contribution < -0.4 is 5.32 Å². The van der Waals surface area contributed by atoms with Gasteiger partial charge >= 0.3 is 0 Å². The molecular formula is C13H23NO. The highest BCUT2D eigenvalue weighted by Crippen LogP contribution is 2.28. The lowest BCUT2D eigenvalue weighted by molar-refractivity contribution is -0.121. The molecule has 15 heavy (non-hydrogen) atoms. The maximum Gasteiger partial charge on any atom is 0.220 e. The van der Waals surface area contributed by atoms with Gasteiger partial charge in [0.25, 0.3) is 0 Å². The Morgan fingerprint density at radius 1 is 1.00 bits per heavy atom. The van der Waals surface area contributed by atoms with Gasteiger partial charge in [0.15, 0.2) is 0 Å². The van der Waals surface area contributed by atoms with E-state index in [0.717, 1.165) is 31.2 Å². The summed E-state index contributed by atoms with van der Waals surface area (Å²) in [6.45, 7) is 0.934. The van der Waals surface area contributed by atoms with Crippen LogP contribution >= 0.6 is 0 Å². The van der Waals surface area contributed by atoms with Crippen LogP contribution in [0.4, 0.5) is 0 Å². The molecule has 2 saturated carbocycles. The summed E-state index contributed by atoms with van der Waals surface area (Å²) in [4.78, 5) is 11.5. The van der Waals surface area contributed by atoms with Crippen LogP contribution in [0.3, 0.4) is 0 Å². The van der Waals surface area contributed by atoms with Crippen molar-refractivity contribution in [3.63, 3.8) is 0 Å². The van der Waals surface area contributed by atoms with Crippen LogP contribution in [0, 0.1) is 11.8 Å². The Kier molecular flexibility index (Phi) is 4.04. The van der Waals surface area contributed by atoms with Crippen molar-refractivity contribution in [2.24, 2.45) is 11.8 Å². The van der Waals surface area contributed by atoms with Gasteiger partial charge in [-0.2, -0.15) is 0 Å². The fraction of sp³-hybridized carbons (Fsp3) is 0.923. The first-order chi connectivity index (χ1) is 7.34. The maximum absolute atomic E-state index is 11.5. The highest BCUT2D eigenvalue weighted by atomic mass is 16.1. The molecule has 2 rings (SSSR count). The lowest BCUT2D eigenvalue weighted by atomic mass is 9.86. The molecule has 1 N–H and O–H groups in total. The third kappa shape index (κ3) is 4.23. The second kappa shape index (κ2) is 5.53. The van der Waals surface area contributed by atoms with Crippen LogP contribution in [0.25, 0.3) is 0 Å². The van der Waals surface area contributed by atoms with Crippen molar-refractivity contribution in [3.05, 3.63) is 0 Å². The normalized spacial score (nSPS) is 22.7. The molecule has 2 heteroatoms. The smallest absolute Gasteiger partial charge is 0.220 e. The van der Waals surface area contributed by atoms with Crippen molar-refractivity contribution in [2.75, 3.05) is 6.54 Å². The van der Waals surface area contributed by atoms with Crippen molar-refractivity contribution in [1.82, 2.24) is 5.32 Å². The van der Waals surface area contributed by atoms with Crippen molar-refractivity contribution in [2.45, 2.75) is 57.8 Å². The monoisotopic (exact) mass is 209 g/mol. The third-order valence-corrected chi connectivity index (χ3v) is 3.79. The van der Waals surface area contributed by atoms with Crippen LogP contribution in [0.1, 0.15) is 57.8 Å². The number of carbonyl (C=O) groups excluding carboxylic acids is 1. The fourth-order valence-corrected chi connectivity index (χ4v) is 2.48. The molecule has 0 spiro atoms. The van der Waals surface area contributed by atoms with Crippen molar-refractivity contribution < 1.29 is 4.79 Å². The Labute approximate surface area is 92.8 Å². The Hall–Kier alpha value is -0.530. The number of carbonyl (C=O) groups is 1. The van der Waals surface area contributed by atoms with E-state index in [1.165, 1.54) is 44.9 Å². The number of hydrogen-bond acceptors (Lipinski definition) is 1. The molecule has 0 atom stereocenters. The number of nitrogens with one attached hydrogen (secondary N) is 1. The summed E-state index contributed by atoms with van der Waals surface area (Å²) in [6.07, 6.45) is 11.4. The van der Waals surface area contributed by atoms with Gasteiger partial charge in [0, 0.05) is 13.0 Å². The molecule has 0 radical (unpaired) electrons. The maximum atomic E-state index is 11.5. The van der Waals surface area contributed by atoms with E-state index < -0.39 is 0 Å². The van der Waals surface area contributed by atoms with E-state index >= 15 is 0 Å². The standard InChI is InChI=1S/C13H23NO/c15-13(14-10-12-6-7-12)9-8-11-4-2-1-3-5-11/h11-12H,1-10H2,(H,14,15). The van der Waals surface area contributed by atoms with Gasteiger partial charge < -0.3 is 5.32 Å². The highest BCUT2D eigenvalue weighted by molar-refractivity contribution is 5.75. The molecule has 0 aromatic heterocycles. The summed E-state index contributed by atoms with van der Waals surface area (Å²) >= 11 is 0. The lowest BCUT2D eigenvalue weighted by Gasteiger charge is -2.20. The SMILES string of the molecule is O=C(CCC1CCCCC1)NCC1CC1. The molecule has 1 amide bonds. The van der Waals surface area contributed by atoms with Crippen LogP contribution in [-0.2, 0) is 4.79 Å². The van der Waals surface area contributed by atoms with E-state index in [1.54, 1.807) is 0 Å². The predicted octanol–water partition coefficient (Wildman–Crippen LogP) is 2.87. The van der Waals surface area contributed by atoms with Crippen LogP contribution in [0.5, 0.6) is 0 Å². The fourth-order valence-electron chi connectivity index (χ4n) is 2.48. The molecule has 0 bridgehead atoms. The summed E-state index contributed by atoms with van der Waals surface area (Å²) in [5.74, 6) is 1.93. The second-order valence-corrected chi connectivity index (χ2v) is 5.29. The molecular weight excluding hydrogens is 186 g/mol. The minimum absolute atomic E-state index is 0.285. The van der Waals surface area contributed by atoms with Crippen LogP contribution in [-0.4, -0.2) is 12.5 Å². The summed E-state index contributed by atoms with van der Waals surface area (Å²) in [5.41, 5.74) is 0. The average Bonchev–Trinajstić information content (AvgIpc) is 3.09. The van der Waals surface area contributed by atoms with Gasteiger partial charge in [0.05, 0.1) is 0 Å². The van der Waals surface area contributed by atoms with Gasteiger partial charge in [0.2, 0.25) is 5.91 Å². The van der Waals surface area contributed by atoms with Crippen molar-refractivity contribution in [1.29, 1.82) is 0 Å². The zero-order valence-corrected chi connectivity index (χ0v) is 9.63. The van der Waals surface area contributed by atoms with E-state index in [0.29, 0.717) is 0 Å². The van der Waals surface area contributed by atoms with E-state index in [1.807, 2.05) is 0 Å². The van der Waals surface area contributed by atoms with E-state index in [-0.39, 0.29) is 5.91 Å². The Bertz CT molecular complexity index is 205. The first-order valence-corrected chi connectivity index (χ1v) is 6.61. The first kappa shape index (κ1) is 11.0. The van der Waals surface area contributed by atoms with Gasteiger partial charge in [-0.1, -0.05) is 32.1 Å². The topological polar surface area (TPSA) is 29.1 Å². The van der Waals surface area contributed by atoms with Crippen molar-refractivity contribution in [3.8, 4) is 0 Å². The van der Waals surface area contributed by atoms with Crippen molar-refractivity contribution >= 4 is 5.91 Å². The molecule has 2 fully saturated rings. The molecule has 2 aliphatic rings. The van der Waals surface area contributed by atoms with Gasteiger partial charge in [-0.25, -0.2) is 0 Å². The molecule has 0 aromatic carbocycles. The van der Waals surface area contributed by atoms with E-state index in [9.17, 15) is 4.79 Å². The summed E-state index contributed by atoms with van der Waals surface area (Å²) in [6, 6.07) is 0. The lowest BCUT2D eigenvalue weighted by Crippen LogP contribution is -2.26. The minimum Gasteiger partial charge on any atom is -0.356 e. The molecule has 86 valence electrons. The van der Waals surface area contributed by atoms with Gasteiger partial charge in [-0.3, -0.25) is 4.79 Å². The minimum atomic E-state index is 0.285. The highest BCUT2D eigenvalue weighted by Gasteiger charge is 2.21. The van der Waals surface area contributed by atoms with E-state index in [4.69, 9.17) is 0 Å². The molecule has 0 unspecified atom stereocenters. The molecule has 0 aliphatic heterocycles. The first-order valence-electron chi connectivity index (χ1n) is 6.61. The average molecular weight is 209 g/mol. The quantitative estimate of drug-likeness (QED) is 0.741. The molecule has 0 aromatic rings. The molecule has 0 saturated heterocycles. The van der Waals surface area contributed by atoms with Gasteiger partial charge in [0.1, 0.15) is 0 Å². The second-order valence-electron chi connectivity index (χ2n) is 5.29. The summed E-state index contributed by atoms with van der Waals surface area (Å²) in [5, 5.41) is 3.05. The van der Waals surface area contributed by atoms with Crippen LogP contribution in [0.15, 0.2) is 0 Å². The molecule has 0 heterocycles. The number of rotatable bonds is 5. The zero-order valence-electron chi connectivity index (χ0n) is 9.63. The summed E-state index contributed by atoms with van der Waals surface area (Å²) < 4.78 is 0. The third-order valence-electron chi connectivity index (χ3n) is 3.79. The zero-order chi connectivity index (χ0) is 10.5. The Morgan fingerprint density at radius 2 is 1.73 bits per heavy atom. The Balaban J connectivity index is 1.53. The number of hydrogen-bond donors (Lipinski definition) is 1. The number of amides is 1.